The summed E-state index contributed by atoms with van der Waals surface area (Å²) in [7, 11) is 0. The Kier molecular flexibility index (Phi) is 3.30. The minimum absolute atomic E-state index is 0.206. The van der Waals surface area contributed by atoms with Crippen molar-refractivity contribution >= 4 is 45.8 Å². The van der Waals surface area contributed by atoms with E-state index in [1.165, 1.54) is 6.20 Å². The Bertz CT molecular complexity index is 783. The van der Waals surface area contributed by atoms with Crippen molar-refractivity contribution in [2.45, 2.75) is 0 Å². The summed E-state index contributed by atoms with van der Waals surface area (Å²) in [5, 5.41) is 3.60. The van der Waals surface area contributed by atoms with Crippen molar-refractivity contribution in [2.24, 2.45) is 0 Å². The van der Waals surface area contributed by atoms with Crippen molar-refractivity contribution in [1.29, 1.82) is 0 Å². The molecule has 1 aromatic carbocycles. The first kappa shape index (κ1) is 12.9. The fourth-order valence-electron chi connectivity index (χ4n) is 1.73. The van der Waals surface area contributed by atoms with Crippen LogP contribution < -0.4 is 5.32 Å². The number of rotatable bonds is 2. The molecule has 5 nitrogen and oxygen atoms in total. The molecule has 0 saturated carbocycles. The SMILES string of the molecule is O=C(Nc1ccc(Cl)nc1)c1nc2cc(Cl)ccc2[nH]1. The highest BCUT2D eigenvalue weighted by Crippen LogP contribution is 2.18. The van der Waals surface area contributed by atoms with Crippen molar-refractivity contribution in [3.05, 3.63) is 52.5 Å². The zero-order chi connectivity index (χ0) is 14.1. The molecule has 3 aromatic rings. The molecule has 3 rings (SSSR count). The van der Waals surface area contributed by atoms with Crippen LogP contribution in [0.15, 0.2) is 36.5 Å². The predicted octanol–water partition coefficient (Wildman–Crippen LogP) is 3.52. The van der Waals surface area contributed by atoms with Crippen LogP contribution >= 0.6 is 23.2 Å². The molecule has 0 bridgehead atoms. The molecular weight excluding hydrogens is 299 g/mol. The van der Waals surface area contributed by atoms with E-state index in [1.807, 2.05) is 0 Å². The number of nitrogens with one attached hydrogen (secondary N) is 2. The summed E-state index contributed by atoms with van der Waals surface area (Å²) in [4.78, 5) is 23.1. The van der Waals surface area contributed by atoms with Crippen molar-refractivity contribution in [3.63, 3.8) is 0 Å². The molecule has 0 saturated heterocycles. The van der Waals surface area contributed by atoms with Gasteiger partial charge in [-0.05, 0) is 30.3 Å². The van der Waals surface area contributed by atoms with Crippen LogP contribution in [0.4, 0.5) is 5.69 Å². The van der Waals surface area contributed by atoms with E-state index in [-0.39, 0.29) is 11.7 Å². The van der Waals surface area contributed by atoms with Crippen LogP contribution in [-0.4, -0.2) is 20.9 Å². The highest BCUT2D eigenvalue weighted by molar-refractivity contribution is 6.31. The number of benzene rings is 1. The van der Waals surface area contributed by atoms with E-state index in [9.17, 15) is 4.79 Å². The number of H-pyrrole nitrogens is 1. The molecule has 2 N–H and O–H groups in total. The number of anilines is 1. The third kappa shape index (κ3) is 2.59. The van der Waals surface area contributed by atoms with Gasteiger partial charge in [0.25, 0.3) is 5.91 Å². The van der Waals surface area contributed by atoms with Crippen molar-refractivity contribution in [2.75, 3.05) is 5.32 Å². The number of aromatic amines is 1. The van der Waals surface area contributed by atoms with E-state index in [4.69, 9.17) is 23.2 Å². The molecule has 100 valence electrons. The molecule has 0 aliphatic rings. The van der Waals surface area contributed by atoms with Crippen molar-refractivity contribution in [3.8, 4) is 0 Å². The number of aromatic nitrogens is 3. The van der Waals surface area contributed by atoms with E-state index >= 15 is 0 Å². The van der Waals surface area contributed by atoms with Gasteiger partial charge in [0.05, 0.1) is 22.9 Å². The molecule has 7 heteroatoms. The molecule has 2 heterocycles. The Balaban J connectivity index is 1.86. The van der Waals surface area contributed by atoms with E-state index in [0.717, 1.165) is 5.52 Å². The summed E-state index contributed by atoms with van der Waals surface area (Å²) in [5.41, 5.74) is 1.92. The molecular formula is C13H8Cl2N4O. The number of fused-ring (bicyclic) bond motifs is 1. The zero-order valence-corrected chi connectivity index (χ0v) is 11.5. The Morgan fingerprint density at radius 3 is 2.80 bits per heavy atom. The van der Waals surface area contributed by atoms with Crippen LogP contribution in [0.1, 0.15) is 10.6 Å². The Labute approximate surface area is 124 Å². The second-order valence-corrected chi connectivity index (χ2v) is 4.89. The second kappa shape index (κ2) is 5.11. The number of pyridine rings is 1. The van der Waals surface area contributed by atoms with Gasteiger partial charge in [0, 0.05) is 5.02 Å². The van der Waals surface area contributed by atoms with E-state index in [1.54, 1.807) is 30.3 Å². The predicted molar refractivity (Wildman–Crippen MR) is 78.3 cm³/mol. The van der Waals surface area contributed by atoms with Crippen LogP contribution in [0.25, 0.3) is 11.0 Å². The number of hydrogen-bond donors (Lipinski definition) is 2. The molecule has 1 amide bonds. The maximum absolute atomic E-state index is 12.1. The van der Waals surface area contributed by atoms with Gasteiger partial charge in [0.1, 0.15) is 5.15 Å². The fraction of sp³-hybridized carbons (Fsp3) is 0. The van der Waals surface area contributed by atoms with Gasteiger partial charge in [0.2, 0.25) is 0 Å². The summed E-state index contributed by atoms with van der Waals surface area (Å²) in [6.07, 6.45) is 1.47. The van der Waals surface area contributed by atoms with Crippen molar-refractivity contribution < 1.29 is 4.79 Å². The Morgan fingerprint density at radius 1 is 1.20 bits per heavy atom. The number of halogens is 2. The lowest BCUT2D eigenvalue weighted by molar-refractivity contribution is 0.101. The van der Waals surface area contributed by atoms with Crippen LogP contribution in [0.5, 0.6) is 0 Å². The third-order valence-corrected chi connectivity index (χ3v) is 3.10. The highest BCUT2D eigenvalue weighted by Gasteiger charge is 2.12. The molecule has 0 aliphatic carbocycles. The van der Waals surface area contributed by atoms with Gasteiger partial charge >= 0.3 is 0 Å². The number of carbonyl (C=O) groups is 1. The fourth-order valence-corrected chi connectivity index (χ4v) is 2.00. The molecule has 0 radical (unpaired) electrons. The van der Waals surface area contributed by atoms with Gasteiger partial charge in [0.15, 0.2) is 5.82 Å². The summed E-state index contributed by atoms with van der Waals surface area (Å²) in [5.74, 6) is -0.154. The lowest BCUT2D eigenvalue weighted by Crippen LogP contribution is -2.13. The minimum Gasteiger partial charge on any atom is -0.334 e. The van der Waals surface area contributed by atoms with Crippen LogP contribution in [0, 0.1) is 0 Å². The normalized spacial score (nSPS) is 10.7. The summed E-state index contributed by atoms with van der Waals surface area (Å²) >= 11 is 11.6. The average molecular weight is 307 g/mol. The van der Waals surface area contributed by atoms with Crippen LogP contribution in [0.2, 0.25) is 10.2 Å². The lowest BCUT2D eigenvalue weighted by Gasteiger charge is -2.01. The molecule has 0 unspecified atom stereocenters. The van der Waals surface area contributed by atoms with E-state index in [2.05, 4.69) is 20.3 Å². The maximum Gasteiger partial charge on any atom is 0.291 e. The molecule has 0 atom stereocenters. The molecule has 2 aromatic heterocycles. The van der Waals surface area contributed by atoms with E-state index in [0.29, 0.717) is 21.4 Å². The van der Waals surface area contributed by atoms with Gasteiger partial charge < -0.3 is 10.3 Å². The van der Waals surface area contributed by atoms with Crippen LogP contribution in [-0.2, 0) is 0 Å². The first-order chi connectivity index (χ1) is 9.61. The number of nitrogens with zero attached hydrogens (tertiary/aromatic N) is 2. The first-order valence-corrected chi connectivity index (χ1v) is 6.45. The first-order valence-electron chi connectivity index (χ1n) is 5.70. The summed E-state index contributed by atoms with van der Waals surface area (Å²) < 4.78 is 0. The summed E-state index contributed by atoms with van der Waals surface area (Å²) in [6, 6.07) is 8.44. The van der Waals surface area contributed by atoms with Crippen LogP contribution in [0.3, 0.4) is 0 Å². The average Bonchev–Trinajstić information content (AvgIpc) is 2.84. The van der Waals surface area contributed by atoms with Crippen molar-refractivity contribution in [1.82, 2.24) is 15.0 Å². The standard InChI is InChI=1S/C13H8Cl2N4O/c14-7-1-3-9-10(5-7)19-12(18-9)13(20)17-8-2-4-11(15)16-6-8/h1-6H,(H,17,20)(H,18,19). The molecule has 0 fully saturated rings. The molecule has 0 spiro atoms. The molecule has 20 heavy (non-hydrogen) atoms. The van der Waals surface area contributed by atoms with Gasteiger partial charge in [-0.3, -0.25) is 4.79 Å². The number of carbonyl (C=O) groups excluding carboxylic acids is 1. The van der Waals surface area contributed by atoms with Gasteiger partial charge in [-0.2, -0.15) is 0 Å². The highest BCUT2D eigenvalue weighted by atomic mass is 35.5. The smallest absolute Gasteiger partial charge is 0.291 e. The van der Waals surface area contributed by atoms with Gasteiger partial charge in [-0.15, -0.1) is 0 Å². The zero-order valence-electron chi connectivity index (χ0n) is 10.0. The number of amides is 1. The van der Waals surface area contributed by atoms with Gasteiger partial charge in [-0.1, -0.05) is 23.2 Å². The third-order valence-electron chi connectivity index (χ3n) is 2.65. The van der Waals surface area contributed by atoms with Gasteiger partial charge in [-0.25, -0.2) is 9.97 Å². The minimum atomic E-state index is -0.360. The second-order valence-electron chi connectivity index (χ2n) is 4.07. The lowest BCUT2D eigenvalue weighted by atomic mass is 10.3. The topological polar surface area (TPSA) is 70.7 Å². The summed E-state index contributed by atoms with van der Waals surface area (Å²) in [6.45, 7) is 0. The Hall–Kier alpha value is -2.11. The monoisotopic (exact) mass is 306 g/mol. The number of imidazole rings is 1. The largest absolute Gasteiger partial charge is 0.334 e. The molecule has 0 aliphatic heterocycles. The van der Waals surface area contributed by atoms with E-state index < -0.39 is 0 Å². The number of hydrogen-bond acceptors (Lipinski definition) is 3. The maximum atomic E-state index is 12.1. The Morgan fingerprint density at radius 2 is 2.05 bits per heavy atom. The quantitative estimate of drug-likeness (QED) is 0.712.